The zero-order chi connectivity index (χ0) is 9.61. The largest absolute Gasteiger partial charge is 0.381 e. The number of ketones is 1. The Hall–Kier alpha value is -0.410. The Morgan fingerprint density at radius 2 is 2.00 bits per heavy atom. The Bertz CT molecular complexity index is 137. The lowest BCUT2D eigenvalue weighted by atomic mass is 10.00. The number of rotatable bonds is 6. The summed E-state index contributed by atoms with van der Waals surface area (Å²) in [5.41, 5.74) is -0.752. The lowest BCUT2D eigenvalue weighted by Crippen LogP contribution is -2.42. The van der Waals surface area contributed by atoms with E-state index in [1.807, 2.05) is 13.8 Å². The van der Waals surface area contributed by atoms with Crippen molar-refractivity contribution in [3.8, 4) is 0 Å². The third kappa shape index (κ3) is 2.91. The van der Waals surface area contributed by atoms with Gasteiger partial charge >= 0.3 is 0 Å². The zero-order valence-corrected chi connectivity index (χ0v) is 8.35. The summed E-state index contributed by atoms with van der Waals surface area (Å²) in [6, 6.07) is 0. The average Bonchev–Trinajstić information content (AvgIpc) is 2.04. The van der Waals surface area contributed by atoms with E-state index in [-0.39, 0.29) is 5.78 Å². The van der Waals surface area contributed by atoms with Crippen LogP contribution in [0.1, 0.15) is 27.2 Å². The average molecular weight is 174 g/mol. The Morgan fingerprint density at radius 1 is 1.42 bits per heavy atom. The van der Waals surface area contributed by atoms with Gasteiger partial charge in [0.2, 0.25) is 0 Å². The predicted octanol–water partition coefficient (Wildman–Crippen LogP) is 1.41. The van der Waals surface area contributed by atoms with E-state index in [1.165, 1.54) is 0 Å². The molecule has 0 aromatic carbocycles. The number of ether oxygens (including phenoxy) is 2. The maximum absolute atomic E-state index is 11.4. The summed E-state index contributed by atoms with van der Waals surface area (Å²) < 4.78 is 10.3. The molecule has 3 nitrogen and oxygen atoms in total. The highest BCUT2D eigenvalue weighted by Gasteiger charge is 2.31. The fourth-order valence-corrected chi connectivity index (χ4v) is 1.17. The molecule has 0 heterocycles. The molecule has 0 spiro atoms. The van der Waals surface area contributed by atoms with E-state index in [0.717, 1.165) is 0 Å². The van der Waals surface area contributed by atoms with Gasteiger partial charge in [-0.1, -0.05) is 6.92 Å². The number of carbonyl (C=O) groups excluding carboxylic acids is 1. The molecule has 0 aliphatic rings. The quantitative estimate of drug-likeness (QED) is 0.610. The molecule has 72 valence electrons. The molecule has 0 N–H and O–H groups in total. The molecule has 1 atom stereocenters. The summed E-state index contributed by atoms with van der Waals surface area (Å²) in [6.45, 7) is 6.33. The van der Waals surface area contributed by atoms with E-state index < -0.39 is 5.60 Å². The second-order valence-corrected chi connectivity index (χ2v) is 2.87. The Balaban J connectivity index is 4.26. The van der Waals surface area contributed by atoms with Crippen LogP contribution < -0.4 is 0 Å². The maximum Gasteiger partial charge on any atom is 0.166 e. The van der Waals surface area contributed by atoms with Gasteiger partial charge in [-0.05, 0) is 13.8 Å². The van der Waals surface area contributed by atoms with Gasteiger partial charge in [-0.25, -0.2) is 0 Å². The topological polar surface area (TPSA) is 35.5 Å². The second kappa shape index (κ2) is 5.27. The van der Waals surface area contributed by atoms with Crippen LogP contribution in [0.5, 0.6) is 0 Å². The molecule has 0 saturated carbocycles. The van der Waals surface area contributed by atoms with Crippen LogP contribution in [-0.2, 0) is 14.3 Å². The first-order valence-electron chi connectivity index (χ1n) is 4.27. The van der Waals surface area contributed by atoms with Gasteiger partial charge < -0.3 is 9.47 Å². The van der Waals surface area contributed by atoms with E-state index in [4.69, 9.17) is 9.47 Å². The van der Waals surface area contributed by atoms with Crippen molar-refractivity contribution in [1.29, 1.82) is 0 Å². The lowest BCUT2D eigenvalue weighted by molar-refractivity contribution is -0.148. The first-order valence-corrected chi connectivity index (χ1v) is 4.27. The molecule has 1 unspecified atom stereocenters. The number of Topliss-reactive ketones (excluding diaryl/α,β-unsaturated/α-hetero) is 1. The maximum atomic E-state index is 11.4. The minimum atomic E-state index is -0.752. The molecule has 0 aromatic heterocycles. The number of methoxy groups -OCH3 is 1. The van der Waals surface area contributed by atoms with E-state index in [0.29, 0.717) is 19.6 Å². The molecule has 0 aromatic rings. The van der Waals surface area contributed by atoms with Crippen LogP contribution in [-0.4, -0.2) is 31.7 Å². The molecule has 0 radical (unpaired) electrons. The molecule has 0 aliphatic carbocycles. The molecule has 0 fully saturated rings. The highest BCUT2D eigenvalue weighted by atomic mass is 16.5. The molecule has 0 aliphatic heterocycles. The van der Waals surface area contributed by atoms with Crippen molar-refractivity contribution < 1.29 is 14.3 Å². The van der Waals surface area contributed by atoms with E-state index in [9.17, 15) is 4.79 Å². The standard InChI is InChI=1S/C9H18O3/c1-5-8(10)9(3,7-11-4)12-6-2/h5-7H2,1-4H3. The molecule has 12 heavy (non-hydrogen) atoms. The first-order chi connectivity index (χ1) is 5.60. The molecular formula is C9H18O3. The van der Waals surface area contributed by atoms with E-state index >= 15 is 0 Å². The van der Waals surface area contributed by atoms with Crippen molar-refractivity contribution >= 4 is 5.78 Å². The first kappa shape index (κ1) is 11.6. The summed E-state index contributed by atoms with van der Waals surface area (Å²) in [7, 11) is 1.57. The Morgan fingerprint density at radius 3 is 2.33 bits per heavy atom. The lowest BCUT2D eigenvalue weighted by Gasteiger charge is -2.26. The van der Waals surface area contributed by atoms with Crippen LogP contribution in [0, 0.1) is 0 Å². The van der Waals surface area contributed by atoms with Gasteiger partial charge in [-0.2, -0.15) is 0 Å². The van der Waals surface area contributed by atoms with Gasteiger partial charge in [0.25, 0.3) is 0 Å². The summed E-state index contributed by atoms with van der Waals surface area (Å²) in [4.78, 5) is 11.4. The Labute approximate surface area is 74.0 Å². The van der Waals surface area contributed by atoms with Gasteiger partial charge in [-0.3, -0.25) is 4.79 Å². The number of hydrogen-bond acceptors (Lipinski definition) is 3. The highest BCUT2D eigenvalue weighted by Crippen LogP contribution is 2.14. The summed E-state index contributed by atoms with van der Waals surface area (Å²) in [5, 5.41) is 0. The molecule has 0 amide bonds. The second-order valence-electron chi connectivity index (χ2n) is 2.87. The van der Waals surface area contributed by atoms with E-state index in [2.05, 4.69) is 0 Å². The van der Waals surface area contributed by atoms with Crippen molar-refractivity contribution in [2.45, 2.75) is 32.8 Å². The fourth-order valence-electron chi connectivity index (χ4n) is 1.17. The van der Waals surface area contributed by atoms with Crippen LogP contribution in [0.25, 0.3) is 0 Å². The molecular weight excluding hydrogens is 156 g/mol. The third-order valence-electron chi connectivity index (χ3n) is 1.79. The van der Waals surface area contributed by atoms with Crippen molar-refractivity contribution in [2.24, 2.45) is 0 Å². The number of carbonyl (C=O) groups is 1. The minimum Gasteiger partial charge on any atom is -0.381 e. The minimum absolute atomic E-state index is 0.0891. The van der Waals surface area contributed by atoms with Crippen molar-refractivity contribution in [2.75, 3.05) is 20.3 Å². The number of hydrogen-bond donors (Lipinski definition) is 0. The van der Waals surface area contributed by atoms with Crippen LogP contribution in [0.2, 0.25) is 0 Å². The van der Waals surface area contributed by atoms with Gasteiger partial charge in [0.1, 0.15) is 5.60 Å². The summed E-state index contributed by atoms with van der Waals surface area (Å²) >= 11 is 0. The van der Waals surface area contributed by atoms with Crippen LogP contribution >= 0.6 is 0 Å². The molecule has 0 rings (SSSR count). The zero-order valence-electron chi connectivity index (χ0n) is 8.35. The normalized spacial score (nSPS) is 15.7. The van der Waals surface area contributed by atoms with Crippen LogP contribution in [0.4, 0.5) is 0 Å². The van der Waals surface area contributed by atoms with Gasteiger partial charge in [-0.15, -0.1) is 0 Å². The molecule has 0 bridgehead atoms. The fraction of sp³-hybridized carbons (Fsp3) is 0.889. The summed E-state index contributed by atoms with van der Waals surface area (Å²) in [5.74, 6) is 0.0891. The third-order valence-corrected chi connectivity index (χ3v) is 1.79. The monoisotopic (exact) mass is 174 g/mol. The Kier molecular flexibility index (Phi) is 5.09. The van der Waals surface area contributed by atoms with Crippen molar-refractivity contribution in [1.82, 2.24) is 0 Å². The smallest absolute Gasteiger partial charge is 0.166 e. The van der Waals surface area contributed by atoms with Gasteiger partial charge in [0.05, 0.1) is 6.61 Å². The molecule has 3 heteroatoms. The SMILES string of the molecule is CCOC(C)(COC)C(=O)CC. The van der Waals surface area contributed by atoms with Gasteiger partial charge in [0.15, 0.2) is 5.78 Å². The predicted molar refractivity (Wildman–Crippen MR) is 47.2 cm³/mol. The van der Waals surface area contributed by atoms with Crippen LogP contribution in [0.15, 0.2) is 0 Å². The van der Waals surface area contributed by atoms with Crippen molar-refractivity contribution in [3.63, 3.8) is 0 Å². The van der Waals surface area contributed by atoms with Crippen LogP contribution in [0.3, 0.4) is 0 Å². The van der Waals surface area contributed by atoms with Gasteiger partial charge in [0, 0.05) is 20.1 Å². The molecule has 0 saturated heterocycles. The highest BCUT2D eigenvalue weighted by molar-refractivity contribution is 5.86. The van der Waals surface area contributed by atoms with E-state index in [1.54, 1.807) is 14.0 Å². The summed E-state index contributed by atoms with van der Waals surface area (Å²) in [6.07, 6.45) is 0.486. The van der Waals surface area contributed by atoms with Crippen molar-refractivity contribution in [3.05, 3.63) is 0 Å².